The van der Waals surface area contributed by atoms with Gasteiger partial charge in [-0.25, -0.2) is 0 Å². The van der Waals surface area contributed by atoms with Crippen molar-refractivity contribution in [1.29, 1.82) is 0 Å². The molecule has 0 aromatic heterocycles. The van der Waals surface area contributed by atoms with E-state index in [0.717, 1.165) is 0 Å². The zero-order valence-corrected chi connectivity index (χ0v) is 8.75. The summed E-state index contributed by atoms with van der Waals surface area (Å²) < 4.78 is 5.14. The number of carboxylic acids is 1. The van der Waals surface area contributed by atoms with Gasteiger partial charge in [-0.05, 0) is 33.1 Å². The monoisotopic (exact) mass is 202 g/mol. The fourth-order valence-electron chi connectivity index (χ4n) is 2.06. The quantitative estimate of drug-likeness (QED) is 0.717. The largest absolute Gasteiger partial charge is 0.481 e. The SMILES string of the molecule is CC(C)(O)CC1(C(=O)O)CCOCC1. The van der Waals surface area contributed by atoms with Crippen LogP contribution in [-0.4, -0.2) is 35.0 Å². The Hall–Kier alpha value is -0.610. The van der Waals surface area contributed by atoms with E-state index in [9.17, 15) is 15.0 Å². The second-order valence-corrected chi connectivity index (χ2v) is 4.69. The maximum Gasteiger partial charge on any atom is 0.309 e. The number of hydrogen-bond donors (Lipinski definition) is 2. The molecule has 1 fully saturated rings. The molecule has 0 aromatic carbocycles. The summed E-state index contributed by atoms with van der Waals surface area (Å²) in [6.07, 6.45) is 1.28. The lowest BCUT2D eigenvalue weighted by Crippen LogP contribution is -2.42. The van der Waals surface area contributed by atoms with E-state index >= 15 is 0 Å². The van der Waals surface area contributed by atoms with Crippen molar-refractivity contribution in [2.24, 2.45) is 5.41 Å². The van der Waals surface area contributed by atoms with Gasteiger partial charge in [-0.15, -0.1) is 0 Å². The van der Waals surface area contributed by atoms with Gasteiger partial charge in [-0.3, -0.25) is 4.79 Å². The van der Waals surface area contributed by atoms with Gasteiger partial charge in [0.05, 0.1) is 11.0 Å². The van der Waals surface area contributed by atoms with Crippen LogP contribution in [0.5, 0.6) is 0 Å². The van der Waals surface area contributed by atoms with Gasteiger partial charge in [0.2, 0.25) is 0 Å². The molecule has 1 aliphatic heterocycles. The third kappa shape index (κ3) is 2.69. The Morgan fingerprint density at radius 3 is 2.29 bits per heavy atom. The van der Waals surface area contributed by atoms with Crippen LogP contribution in [0.3, 0.4) is 0 Å². The molecular formula is C10H18O4. The van der Waals surface area contributed by atoms with Gasteiger partial charge in [0, 0.05) is 13.2 Å². The van der Waals surface area contributed by atoms with Crippen LogP contribution in [0, 0.1) is 5.41 Å². The molecule has 0 unspecified atom stereocenters. The molecule has 82 valence electrons. The van der Waals surface area contributed by atoms with Gasteiger partial charge >= 0.3 is 5.97 Å². The molecule has 4 heteroatoms. The molecule has 0 amide bonds. The van der Waals surface area contributed by atoms with Crippen LogP contribution < -0.4 is 0 Å². The summed E-state index contributed by atoms with van der Waals surface area (Å²) in [6, 6.07) is 0. The standard InChI is InChI=1S/C10H18O4/c1-9(2,13)7-10(8(11)12)3-5-14-6-4-10/h13H,3-7H2,1-2H3,(H,11,12). The van der Waals surface area contributed by atoms with Gasteiger partial charge in [0.25, 0.3) is 0 Å². The Morgan fingerprint density at radius 1 is 1.43 bits per heavy atom. The maximum atomic E-state index is 11.2. The number of carboxylic acid groups (broad SMARTS) is 1. The van der Waals surface area contributed by atoms with Crippen molar-refractivity contribution in [2.45, 2.75) is 38.7 Å². The van der Waals surface area contributed by atoms with E-state index in [1.54, 1.807) is 13.8 Å². The minimum atomic E-state index is -0.935. The van der Waals surface area contributed by atoms with Crippen LogP contribution in [0.4, 0.5) is 0 Å². The highest BCUT2D eigenvalue weighted by molar-refractivity contribution is 5.74. The molecule has 1 rings (SSSR count). The molecule has 0 bridgehead atoms. The first-order valence-electron chi connectivity index (χ1n) is 4.89. The van der Waals surface area contributed by atoms with Crippen molar-refractivity contribution in [3.63, 3.8) is 0 Å². The van der Waals surface area contributed by atoms with Crippen molar-refractivity contribution in [1.82, 2.24) is 0 Å². The van der Waals surface area contributed by atoms with E-state index in [1.165, 1.54) is 0 Å². The van der Waals surface area contributed by atoms with Gasteiger partial charge in [0.15, 0.2) is 0 Å². The molecule has 1 aliphatic rings. The predicted molar refractivity (Wildman–Crippen MR) is 51.0 cm³/mol. The van der Waals surface area contributed by atoms with E-state index in [-0.39, 0.29) is 0 Å². The van der Waals surface area contributed by atoms with E-state index in [0.29, 0.717) is 32.5 Å². The second kappa shape index (κ2) is 3.87. The van der Waals surface area contributed by atoms with Crippen LogP contribution in [0.25, 0.3) is 0 Å². The second-order valence-electron chi connectivity index (χ2n) is 4.69. The van der Waals surface area contributed by atoms with Crippen LogP contribution in [0.2, 0.25) is 0 Å². The predicted octanol–water partition coefficient (Wildman–Crippen LogP) is 1.03. The van der Waals surface area contributed by atoms with E-state index in [2.05, 4.69) is 0 Å². The molecule has 1 saturated heterocycles. The number of rotatable bonds is 3. The third-order valence-corrected chi connectivity index (χ3v) is 2.67. The maximum absolute atomic E-state index is 11.2. The molecule has 0 saturated carbocycles. The summed E-state index contributed by atoms with van der Waals surface area (Å²) in [6.45, 7) is 4.24. The Labute approximate surface area is 83.9 Å². The molecule has 1 heterocycles. The highest BCUT2D eigenvalue weighted by atomic mass is 16.5. The fourth-order valence-corrected chi connectivity index (χ4v) is 2.06. The van der Waals surface area contributed by atoms with Crippen molar-refractivity contribution >= 4 is 5.97 Å². The lowest BCUT2D eigenvalue weighted by Gasteiger charge is -2.37. The van der Waals surface area contributed by atoms with Crippen molar-refractivity contribution in [2.75, 3.05) is 13.2 Å². The molecule has 0 aromatic rings. The van der Waals surface area contributed by atoms with E-state index < -0.39 is 17.0 Å². The van der Waals surface area contributed by atoms with Crippen LogP contribution in [0.15, 0.2) is 0 Å². The van der Waals surface area contributed by atoms with E-state index in [4.69, 9.17) is 4.74 Å². The van der Waals surface area contributed by atoms with Crippen LogP contribution in [-0.2, 0) is 9.53 Å². The normalized spacial score (nSPS) is 21.9. The fraction of sp³-hybridized carbons (Fsp3) is 0.900. The number of carbonyl (C=O) groups is 1. The lowest BCUT2D eigenvalue weighted by molar-refractivity contribution is -0.160. The van der Waals surface area contributed by atoms with Crippen molar-refractivity contribution in [3.05, 3.63) is 0 Å². The Bertz CT molecular complexity index is 211. The first kappa shape index (κ1) is 11.5. The molecular weight excluding hydrogens is 184 g/mol. The number of aliphatic carboxylic acids is 1. The molecule has 14 heavy (non-hydrogen) atoms. The summed E-state index contributed by atoms with van der Waals surface area (Å²) in [5.74, 6) is -0.817. The number of ether oxygens (including phenoxy) is 1. The molecule has 2 N–H and O–H groups in total. The summed E-state index contributed by atoms with van der Waals surface area (Å²) in [5.41, 5.74) is -1.73. The van der Waals surface area contributed by atoms with Gasteiger partial charge in [-0.1, -0.05) is 0 Å². The van der Waals surface area contributed by atoms with Crippen molar-refractivity contribution in [3.8, 4) is 0 Å². The zero-order chi connectivity index (χ0) is 10.8. The number of hydrogen-bond acceptors (Lipinski definition) is 3. The summed E-state index contributed by atoms with van der Waals surface area (Å²) in [5, 5.41) is 18.9. The molecule has 0 spiro atoms. The van der Waals surface area contributed by atoms with Gasteiger partial charge in [-0.2, -0.15) is 0 Å². The Kier molecular flexibility index (Phi) is 3.17. The average Bonchev–Trinajstić information content (AvgIpc) is 2.02. The molecule has 4 nitrogen and oxygen atoms in total. The topological polar surface area (TPSA) is 66.8 Å². The van der Waals surface area contributed by atoms with Crippen LogP contribution >= 0.6 is 0 Å². The lowest BCUT2D eigenvalue weighted by atomic mass is 9.73. The van der Waals surface area contributed by atoms with Gasteiger partial charge in [0.1, 0.15) is 0 Å². The summed E-state index contributed by atoms with van der Waals surface area (Å²) in [7, 11) is 0. The van der Waals surface area contributed by atoms with Crippen molar-refractivity contribution < 1.29 is 19.7 Å². The summed E-state index contributed by atoms with van der Waals surface area (Å²) in [4.78, 5) is 11.2. The van der Waals surface area contributed by atoms with E-state index in [1.807, 2.05) is 0 Å². The Balaban J connectivity index is 2.76. The smallest absolute Gasteiger partial charge is 0.309 e. The molecule has 0 radical (unpaired) electrons. The average molecular weight is 202 g/mol. The van der Waals surface area contributed by atoms with Crippen LogP contribution in [0.1, 0.15) is 33.1 Å². The first-order valence-corrected chi connectivity index (χ1v) is 4.89. The summed E-state index contributed by atoms with van der Waals surface area (Å²) >= 11 is 0. The Morgan fingerprint density at radius 2 is 1.93 bits per heavy atom. The zero-order valence-electron chi connectivity index (χ0n) is 8.75. The minimum Gasteiger partial charge on any atom is -0.481 e. The first-order chi connectivity index (χ1) is 6.36. The molecule has 0 atom stereocenters. The highest BCUT2D eigenvalue weighted by Gasteiger charge is 2.43. The minimum absolute atomic E-state index is 0.290. The highest BCUT2D eigenvalue weighted by Crippen LogP contribution is 2.38. The van der Waals surface area contributed by atoms with Gasteiger partial charge < -0.3 is 14.9 Å². The molecule has 0 aliphatic carbocycles. The third-order valence-electron chi connectivity index (χ3n) is 2.67. The number of aliphatic hydroxyl groups is 1.